The largest absolute Gasteiger partial charge is 0.300 e. The molecule has 1 atom stereocenters. The van der Waals surface area contributed by atoms with E-state index >= 15 is 0 Å². The highest BCUT2D eigenvalue weighted by Gasteiger charge is 2.07. The van der Waals surface area contributed by atoms with Crippen molar-refractivity contribution in [1.29, 1.82) is 0 Å². The minimum Gasteiger partial charge on any atom is -0.300 e. The van der Waals surface area contributed by atoms with E-state index in [-0.39, 0.29) is 0 Å². The Balaban J connectivity index is 3.60. The summed E-state index contributed by atoms with van der Waals surface area (Å²) in [7, 11) is 4.20. The third-order valence-electron chi connectivity index (χ3n) is 1.54. The highest BCUT2D eigenvalue weighted by Crippen LogP contribution is 1.95. The second kappa shape index (κ2) is 4.69. The van der Waals surface area contributed by atoms with E-state index in [0.29, 0.717) is 12.2 Å². The molecule has 0 aromatic heterocycles. The molecule has 0 bridgehead atoms. The van der Waals surface area contributed by atoms with Gasteiger partial charge in [-0.1, -0.05) is 6.92 Å². The van der Waals surface area contributed by atoms with Gasteiger partial charge < -0.3 is 0 Å². The molecule has 0 fully saturated rings. The molecule has 0 aliphatic rings. The second-order valence-corrected chi connectivity index (χ2v) is 3.21. The Morgan fingerprint density at radius 3 is 1.90 bits per heavy atom. The quantitative estimate of drug-likeness (QED) is 0.598. The molecule has 62 valence electrons. The van der Waals surface area contributed by atoms with Crippen LogP contribution in [0.25, 0.3) is 0 Å². The summed E-state index contributed by atoms with van der Waals surface area (Å²) in [5.74, 6) is 0. The lowest BCUT2D eigenvalue weighted by atomic mass is 10.3. The molecular weight excluding hydrogens is 124 g/mol. The zero-order valence-corrected chi connectivity index (χ0v) is 7.81. The highest BCUT2D eigenvalue weighted by molar-refractivity contribution is 4.63. The molecule has 2 heteroatoms. The summed E-state index contributed by atoms with van der Waals surface area (Å²) in [6.45, 7) is 6.54. The fourth-order valence-electron chi connectivity index (χ4n) is 1.02. The van der Waals surface area contributed by atoms with Crippen LogP contribution in [0.1, 0.15) is 27.2 Å². The summed E-state index contributed by atoms with van der Waals surface area (Å²) in [5.41, 5.74) is 0. The van der Waals surface area contributed by atoms with Crippen molar-refractivity contribution in [2.45, 2.75) is 39.4 Å². The van der Waals surface area contributed by atoms with E-state index in [2.05, 4.69) is 45.1 Å². The van der Waals surface area contributed by atoms with Gasteiger partial charge in [0.2, 0.25) is 0 Å². The van der Waals surface area contributed by atoms with Crippen LogP contribution in [0.5, 0.6) is 0 Å². The fraction of sp³-hybridized carbons (Fsp3) is 1.00. The predicted octanol–water partition coefficient (Wildman–Crippen LogP) is 1.28. The van der Waals surface area contributed by atoms with Crippen molar-refractivity contribution in [1.82, 2.24) is 10.2 Å². The van der Waals surface area contributed by atoms with Gasteiger partial charge in [0.25, 0.3) is 0 Å². The average molecular weight is 144 g/mol. The lowest BCUT2D eigenvalue weighted by Gasteiger charge is -2.26. The molecule has 0 heterocycles. The first-order valence-corrected chi connectivity index (χ1v) is 4.00. The van der Waals surface area contributed by atoms with Crippen LogP contribution < -0.4 is 5.32 Å². The zero-order chi connectivity index (χ0) is 8.15. The Bertz CT molecular complexity index is 79.3. The van der Waals surface area contributed by atoms with Crippen LogP contribution in [0.4, 0.5) is 0 Å². The predicted molar refractivity (Wildman–Crippen MR) is 46.0 cm³/mol. The van der Waals surface area contributed by atoms with Crippen molar-refractivity contribution in [2.75, 3.05) is 14.1 Å². The molecule has 0 radical (unpaired) electrons. The van der Waals surface area contributed by atoms with Crippen LogP contribution in [0.15, 0.2) is 0 Å². The van der Waals surface area contributed by atoms with E-state index in [1.54, 1.807) is 0 Å². The van der Waals surface area contributed by atoms with E-state index in [4.69, 9.17) is 0 Å². The Kier molecular flexibility index (Phi) is 4.65. The molecule has 0 aliphatic carbocycles. The van der Waals surface area contributed by atoms with E-state index in [1.165, 1.54) is 0 Å². The summed E-state index contributed by atoms with van der Waals surface area (Å²) in [5, 5.41) is 3.45. The lowest BCUT2D eigenvalue weighted by Crippen LogP contribution is -2.44. The van der Waals surface area contributed by atoms with Crippen LogP contribution in [0, 0.1) is 0 Å². The first kappa shape index (κ1) is 9.92. The van der Waals surface area contributed by atoms with Crippen molar-refractivity contribution in [2.24, 2.45) is 0 Å². The summed E-state index contributed by atoms with van der Waals surface area (Å²) in [6, 6.07) is 0.576. The number of hydrogen-bond acceptors (Lipinski definition) is 2. The van der Waals surface area contributed by atoms with Gasteiger partial charge in [-0.3, -0.25) is 10.2 Å². The summed E-state index contributed by atoms with van der Waals surface area (Å²) >= 11 is 0. The van der Waals surface area contributed by atoms with Crippen molar-refractivity contribution >= 4 is 0 Å². The molecule has 0 rings (SSSR count). The van der Waals surface area contributed by atoms with Gasteiger partial charge in [0, 0.05) is 6.04 Å². The van der Waals surface area contributed by atoms with Gasteiger partial charge in [-0.25, -0.2) is 0 Å². The van der Waals surface area contributed by atoms with Crippen molar-refractivity contribution in [3.63, 3.8) is 0 Å². The van der Waals surface area contributed by atoms with Crippen LogP contribution in [0.2, 0.25) is 0 Å². The Hall–Kier alpha value is -0.0800. The van der Waals surface area contributed by atoms with E-state index in [9.17, 15) is 0 Å². The van der Waals surface area contributed by atoms with Gasteiger partial charge in [-0.2, -0.15) is 0 Å². The van der Waals surface area contributed by atoms with Gasteiger partial charge in [0.1, 0.15) is 0 Å². The summed E-state index contributed by atoms with van der Waals surface area (Å²) in [6.07, 6.45) is 1.69. The van der Waals surface area contributed by atoms with Crippen LogP contribution in [0.3, 0.4) is 0 Å². The maximum absolute atomic E-state index is 3.45. The van der Waals surface area contributed by atoms with E-state index in [1.807, 2.05) is 0 Å². The number of hydrogen-bond donors (Lipinski definition) is 1. The Morgan fingerprint density at radius 2 is 1.80 bits per heavy atom. The molecule has 10 heavy (non-hydrogen) atoms. The van der Waals surface area contributed by atoms with Gasteiger partial charge in [0.05, 0.1) is 6.17 Å². The molecule has 0 spiro atoms. The maximum Gasteiger partial charge on any atom is 0.0591 e. The lowest BCUT2D eigenvalue weighted by molar-refractivity contribution is 0.225. The third kappa shape index (κ3) is 3.85. The molecule has 0 saturated carbocycles. The molecule has 0 amide bonds. The fourth-order valence-corrected chi connectivity index (χ4v) is 1.02. The molecular formula is C8H20N2. The van der Waals surface area contributed by atoms with Crippen molar-refractivity contribution in [3.05, 3.63) is 0 Å². The van der Waals surface area contributed by atoms with Crippen LogP contribution >= 0.6 is 0 Å². The Labute approximate surface area is 64.6 Å². The van der Waals surface area contributed by atoms with Gasteiger partial charge in [-0.05, 0) is 34.4 Å². The Morgan fingerprint density at radius 1 is 1.30 bits per heavy atom. The SMILES string of the molecule is CCC(NC(C)C)N(C)C. The third-order valence-corrected chi connectivity index (χ3v) is 1.54. The monoisotopic (exact) mass is 144 g/mol. The minimum atomic E-state index is 0.528. The van der Waals surface area contributed by atoms with E-state index < -0.39 is 0 Å². The zero-order valence-electron chi connectivity index (χ0n) is 7.81. The highest BCUT2D eigenvalue weighted by atomic mass is 15.2. The first-order chi connectivity index (χ1) is 4.57. The molecule has 0 aromatic rings. The first-order valence-electron chi connectivity index (χ1n) is 4.00. The minimum absolute atomic E-state index is 0.528. The molecule has 0 saturated heterocycles. The van der Waals surface area contributed by atoms with Crippen molar-refractivity contribution in [3.8, 4) is 0 Å². The smallest absolute Gasteiger partial charge is 0.0591 e. The maximum atomic E-state index is 3.45. The topological polar surface area (TPSA) is 15.3 Å². The standard InChI is InChI=1S/C8H20N2/c1-6-8(10(4)5)9-7(2)3/h7-9H,6H2,1-5H3. The van der Waals surface area contributed by atoms with Gasteiger partial charge in [-0.15, -0.1) is 0 Å². The molecule has 0 aromatic carbocycles. The van der Waals surface area contributed by atoms with E-state index in [0.717, 1.165) is 6.42 Å². The molecule has 1 N–H and O–H groups in total. The van der Waals surface area contributed by atoms with Gasteiger partial charge >= 0.3 is 0 Å². The van der Waals surface area contributed by atoms with Gasteiger partial charge in [0.15, 0.2) is 0 Å². The summed E-state index contributed by atoms with van der Waals surface area (Å²) < 4.78 is 0. The normalized spacial score (nSPS) is 14.7. The van der Waals surface area contributed by atoms with Crippen LogP contribution in [-0.2, 0) is 0 Å². The van der Waals surface area contributed by atoms with Crippen LogP contribution in [-0.4, -0.2) is 31.2 Å². The molecule has 0 aliphatic heterocycles. The average Bonchev–Trinajstić information content (AvgIpc) is 1.81. The molecule has 2 nitrogen and oxygen atoms in total. The number of nitrogens with one attached hydrogen (secondary N) is 1. The summed E-state index contributed by atoms with van der Waals surface area (Å²) in [4.78, 5) is 2.21. The molecule has 1 unspecified atom stereocenters. The number of rotatable bonds is 4. The van der Waals surface area contributed by atoms with Crippen molar-refractivity contribution < 1.29 is 0 Å². The number of nitrogens with zero attached hydrogens (tertiary/aromatic N) is 1. The second-order valence-electron chi connectivity index (χ2n) is 3.21.